The van der Waals surface area contributed by atoms with Crippen LogP contribution < -0.4 is 18.8 Å². The standard InChI is InChI=1S/C22H21N3O4/c1-14-6-15(2)13-25(12-14)18(7-16(10-23)11-24)21(26)17-8-19(27-3)22(29-5)20(9-17)28-4/h6-9,12-13H,1-5H3. The third-order valence-corrected chi connectivity index (χ3v) is 4.10. The second kappa shape index (κ2) is 9.36. The number of hydrogen-bond acceptors (Lipinski definition) is 5. The fraction of sp³-hybridized carbons (Fsp3) is 0.227. The Bertz CT molecular complexity index is 1030. The summed E-state index contributed by atoms with van der Waals surface area (Å²) >= 11 is 0. The van der Waals surface area contributed by atoms with E-state index in [1.807, 2.05) is 19.9 Å². The average Bonchev–Trinajstić information content (AvgIpc) is 2.72. The van der Waals surface area contributed by atoms with Gasteiger partial charge in [-0.2, -0.15) is 9.83 Å². The summed E-state index contributed by atoms with van der Waals surface area (Å²) in [5.41, 5.74) is 2.05. The summed E-state index contributed by atoms with van der Waals surface area (Å²) < 4.78 is 17.5. The molecule has 0 fully saturated rings. The van der Waals surface area contributed by atoms with Gasteiger partial charge in [0, 0.05) is 22.8 Å². The lowest BCUT2D eigenvalue weighted by Gasteiger charge is -2.13. The van der Waals surface area contributed by atoms with Gasteiger partial charge in [0.15, 0.2) is 23.9 Å². The highest BCUT2D eigenvalue weighted by molar-refractivity contribution is 6.22. The van der Waals surface area contributed by atoms with Gasteiger partial charge in [-0.1, -0.05) is 0 Å². The van der Waals surface area contributed by atoms with Crippen LogP contribution >= 0.6 is 0 Å². The molecule has 29 heavy (non-hydrogen) atoms. The largest absolute Gasteiger partial charge is 0.762 e. The molecule has 1 heterocycles. The van der Waals surface area contributed by atoms with Crippen LogP contribution in [0.5, 0.6) is 17.2 Å². The van der Waals surface area contributed by atoms with Crippen molar-refractivity contribution in [2.24, 2.45) is 0 Å². The molecule has 148 valence electrons. The van der Waals surface area contributed by atoms with E-state index in [-0.39, 0.29) is 16.8 Å². The fourth-order valence-electron chi connectivity index (χ4n) is 2.89. The second-order valence-corrected chi connectivity index (χ2v) is 6.21. The number of aryl methyl sites for hydroxylation is 2. The van der Waals surface area contributed by atoms with E-state index in [4.69, 9.17) is 14.2 Å². The first-order valence-corrected chi connectivity index (χ1v) is 8.62. The smallest absolute Gasteiger partial charge is 0.260 e. The summed E-state index contributed by atoms with van der Waals surface area (Å²) in [6.45, 7) is 3.79. The zero-order valence-corrected chi connectivity index (χ0v) is 16.9. The van der Waals surface area contributed by atoms with Crippen molar-refractivity contribution in [3.63, 3.8) is 0 Å². The molecule has 0 aliphatic rings. The minimum absolute atomic E-state index is 0.143. The number of carbonyl (C=O) groups excluding carboxylic acids is 1. The van der Waals surface area contributed by atoms with E-state index in [2.05, 4.69) is 0 Å². The van der Waals surface area contributed by atoms with Gasteiger partial charge < -0.3 is 19.6 Å². The Morgan fingerprint density at radius 1 is 1.03 bits per heavy atom. The number of nitrogens with zero attached hydrogens (tertiary/aromatic N) is 3. The van der Waals surface area contributed by atoms with E-state index in [0.29, 0.717) is 17.2 Å². The number of aromatic nitrogens is 1. The fourth-order valence-corrected chi connectivity index (χ4v) is 2.89. The Morgan fingerprint density at radius 3 is 2.00 bits per heavy atom. The van der Waals surface area contributed by atoms with E-state index in [1.165, 1.54) is 39.5 Å². The molecular weight excluding hydrogens is 370 g/mol. The third-order valence-electron chi connectivity index (χ3n) is 4.10. The Kier molecular flexibility index (Phi) is 6.91. The van der Waals surface area contributed by atoms with Gasteiger partial charge in [-0.05, 0) is 32.0 Å². The second-order valence-electron chi connectivity index (χ2n) is 6.21. The summed E-state index contributed by atoms with van der Waals surface area (Å²) in [6, 6.07) is 6.80. The summed E-state index contributed by atoms with van der Waals surface area (Å²) in [5.74, 6) is 2.39. The number of methoxy groups -OCH3 is 3. The highest BCUT2D eigenvalue weighted by Gasteiger charge is 2.26. The quantitative estimate of drug-likeness (QED) is 0.181. The molecule has 2 rings (SSSR count). The summed E-state index contributed by atoms with van der Waals surface area (Å²) in [4.78, 5) is 13.4. The van der Waals surface area contributed by atoms with Crippen molar-refractivity contribution >= 4 is 17.4 Å². The van der Waals surface area contributed by atoms with Gasteiger partial charge in [0.1, 0.15) is 6.07 Å². The van der Waals surface area contributed by atoms with Gasteiger partial charge in [-0.25, -0.2) is 0 Å². The van der Waals surface area contributed by atoms with Crippen LogP contribution in [0.2, 0.25) is 0 Å². The molecular formula is C22H21N3O4. The number of pyridine rings is 1. The van der Waals surface area contributed by atoms with E-state index in [0.717, 1.165) is 11.1 Å². The number of nitriles is 1. The van der Waals surface area contributed by atoms with Crippen molar-refractivity contribution in [1.82, 2.24) is 0 Å². The molecule has 1 aromatic heterocycles. The molecule has 0 N–H and O–H groups in total. The van der Waals surface area contributed by atoms with E-state index < -0.39 is 5.78 Å². The molecule has 7 nitrogen and oxygen atoms in total. The number of allylic oxidation sites excluding steroid dienone is 3. The molecule has 0 atom stereocenters. The first kappa shape index (κ1) is 21.4. The normalized spacial score (nSPS) is 10.6. The van der Waals surface area contributed by atoms with Crippen molar-refractivity contribution < 1.29 is 23.6 Å². The van der Waals surface area contributed by atoms with Crippen LogP contribution in [0.3, 0.4) is 0 Å². The maximum absolute atomic E-state index is 13.4. The van der Waals surface area contributed by atoms with Gasteiger partial charge in [0.2, 0.25) is 5.75 Å². The molecule has 1 aromatic carbocycles. The zero-order valence-electron chi connectivity index (χ0n) is 16.9. The van der Waals surface area contributed by atoms with Gasteiger partial charge in [0.05, 0.1) is 26.9 Å². The molecule has 0 aliphatic carbocycles. The van der Waals surface area contributed by atoms with E-state index in [9.17, 15) is 15.5 Å². The Morgan fingerprint density at radius 2 is 1.59 bits per heavy atom. The molecule has 0 spiro atoms. The van der Waals surface area contributed by atoms with Crippen LogP contribution in [0, 0.1) is 25.2 Å². The van der Waals surface area contributed by atoms with Crippen LogP contribution in [0.1, 0.15) is 21.5 Å². The first-order chi connectivity index (χ1) is 13.9. The molecule has 0 amide bonds. The predicted octanol–water partition coefficient (Wildman–Crippen LogP) is 3.03. The number of carbonyl (C=O) groups is 1. The Labute approximate surface area is 169 Å². The maximum atomic E-state index is 13.4. The summed E-state index contributed by atoms with van der Waals surface area (Å²) in [5, 5.41) is 18.4. The number of benzene rings is 1. The van der Waals surface area contributed by atoms with Crippen molar-refractivity contribution in [1.29, 1.82) is 5.26 Å². The number of ketones is 1. The van der Waals surface area contributed by atoms with Crippen LogP contribution in [0.25, 0.3) is 11.1 Å². The van der Waals surface area contributed by atoms with Crippen molar-refractivity contribution in [2.45, 2.75) is 13.8 Å². The lowest BCUT2D eigenvalue weighted by atomic mass is 10.0. The highest BCUT2D eigenvalue weighted by atomic mass is 16.5. The van der Waals surface area contributed by atoms with Gasteiger partial charge in [-0.15, -0.1) is 0 Å². The molecule has 0 unspecified atom stereocenters. The molecule has 0 radical (unpaired) electrons. The van der Waals surface area contributed by atoms with Gasteiger partial charge >= 0.3 is 0 Å². The van der Waals surface area contributed by atoms with E-state index in [1.54, 1.807) is 28.9 Å². The molecule has 0 saturated carbocycles. The lowest BCUT2D eigenvalue weighted by molar-refractivity contribution is -0.577. The van der Waals surface area contributed by atoms with Crippen LogP contribution in [-0.4, -0.2) is 33.0 Å². The van der Waals surface area contributed by atoms with Crippen LogP contribution in [0.4, 0.5) is 0 Å². The molecule has 0 bridgehead atoms. The van der Waals surface area contributed by atoms with Crippen molar-refractivity contribution in [3.05, 3.63) is 64.3 Å². The number of hydrogen-bond donors (Lipinski definition) is 0. The third kappa shape index (κ3) is 4.70. The molecule has 0 aliphatic heterocycles. The minimum Gasteiger partial charge on any atom is -0.762 e. The van der Waals surface area contributed by atoms with Crippen LogP contribution in [-0.2, 0) is 0 Å². The highest BCUT2D eigenvalue weighted by Crippen LogP contribution is 2.38. The number of ether oxygens (including phenoxy) is 3. The summed E-state index contributed by atoms with van der Waals surface area (Å²) in [7, 11) is 4.38. The van der Waals surface area contributed by atoms with Crippen molar-refractivity contribution in [3.8, 4) is 23.3 Å². The van der Waals surface area contributed by atoms with Gasteiger partial charge in [-0.3, -0.25) is 10.7 Å². The number of rotatable bonds is 7. The first-order valence-electron chi connectivity index (χ1n) is 8.62. The Balaban J connectivity index is 2.74. The maximum Gasteiger partial charge on any atom is 0.260 e. The van der Waals surface area contributed by atoms with Crippen molar-refractivity contribution in [2.75, 3.05) is 21.3 Å². The average molecular weight is 391 g/mol. The lowest BCUT2D eigenvalue weighted by Crippen LogP contribution is -2.36. The molecule has 7 heteroatoms. The summed E-state index contributed by atoms with van der Waals surface area (Å²) in [6.07, 6.45) is 4.77. The molecule has 2 aromatic rings. The topological polar surface area (TPSA) is 94.7 Å². The Hall–Kier alpha value is -3.88. The van der Waals surface area contributed by atoms with Crippen LogP contribution in [0.15, 0.2) is 42.2 Å². The predicted molar refractivity (Wildman–Crippen MR) is 108 cm³/mol. The zero-order chi connectivity index (χ0) is 21.6. The SMILES string of the molecule is COc1cc(C(=O)C(=CC(=C=[N-])C#N)[n+]2cc(C)cc(C)c2)cc(OC)c1OC. The monoisotopic (exact) mass is 391 g/mol. The number of Topliss-reactive ketones (excluding diaryl/α,β-unsaturated/α-hetero) is 1. The minimum atomic E-state index is -0.415. The van der Waals surface area contributed by atoms with Gasteiger partial charge in [0.25, 0.3) is 11.5 Å². The van der Waals surface area contributed by atoms with E-state index >= 15 is 0 Å². The molecule has 0 saturated heterocycles.